The first kappa shape index (κ1) is 39.0. The molecular weight excluding hydrogens is 812 g/mol. The molecule has 2 aliphatic heterocycles. The number of imide groups is 1. The molecule has 3 aliphatic rings. The van der Waals surface area contributed by atoms with Gasteiger partial charge in [0.25, 0.3) is 5.56 Å². The molecule has 1 saturated heterocycles. The van der Waals surface area contributed by atoms with Gasteiger partial charge in [0.05, 0.1) is 54.9 Å². The number of phenolic OH excluding ortho intramolecular Hbond substituents is 1. The monoisotopic (exact) mass is 850 g/mol. The second-order valence-corrected chi connectivity index (χ2v) is 16.3. The number of fused-ring (bicyclic) bond motifs is 6. The number of aryl methyl sites for hydroxylation is 2. The summed E-state index contributed by atoms with van der Waals surface area (Å²) in [5, 5.41) is 12.7. The van der Waals surface area contributed by atoms with E-state index in [-0.39, 0.29) is 37.4 Å². The third-order valence-electron chi connectivity index (χ3n) is 13.0. The minimum atomic E-state index is -1.52. The molecule has 15 heteroatoms. The van der Waals surface area contributed by atoms with E-state index in [0.29, 0.717) is 60.7 Å². The van der Waals surface area contributed by atoms with Gasteiger partial charge in [0.1, 0.15) is 11.4 Å². The Morgan fingerprint density at radius 1 is 0.839 bits per heavy atom. The van der Waals surface area contributed by atoms with Crippen molar-refractivity contribution in [3.63, 3.8) is 0 Å². The highest BCUT2D eigenvalue weighted by Crippen LogP contribution is 2.63. The van der Waals surface area contributed by atoms with Gasteiger partial charge < -0.3 is 19.1 Å². The standard InChI is InChI=1S/C47H39ClN6O8/c1-50-37-25-40(62-3)39(61-2)24-35(37)49-34(43(50)57)19-20-51-45(59)52-21-18-32-36(54(52)46(51)60)23-33-42(56)53(28-13-9-12-27(48)22-28)44(58)47(33,26-10-5-4-6-11-26)41(32)31-16-17-38(55)30-15-8-7-14-29(30)31/h4-18,22,24-25,33,36,41,55H,19-21,23H2,1-3H3/t33-,36+,41-,47+/m0/s1. The number of aromatic hydroxyl groups is 1. The summed E-state index contributed by atoms with van der Waals surface area (Å²) < 4.78 is 16.2. The van der Waals surface area contributed by atoms with Gasteiger partial charge in [-0.1, -0.05) is 84.4 Å². The number of hydrogen-bond donors (Lipinski definition) is 1. The first-order valence-corrected chi connectivity index (χ1v) is 20.5. The Hall–Kier alpha value is -7.19. The van der Waals surface area contributed by atoms with Crippen LogP contribution in [-0.2, 0) is 41.6 Å². The first-order chi connectivity index (χ1) is 30.0. The highest BCUT2D eigenvalue weighted by Gasteiger charge is 2.68. The minimum Gasteiger partial charge on any atom is -0.507 e. The van der Waals surface area contributed by atoms with Crippen molar-refractivity contribution in [2.24, 2.45) is 13.0 Å². The molecule has 14 nitrogen and oxygen atoms in total. The molecule has 4 atom stereocenters. The van der Waals surface area contributed by atoms with Crippen LogP contribution in [0.3, 0.4) is 0 Å². The highest BCUT2D eigenvalue weighted by atomic mass is 35.5. The zero-order chi connectivity index (χ0) is 43.2. The maximum Gasteiger partial charge on any atom is 0.347 e. The number of halogens is 1. The Bertz CT molecular complexity index is 3260. The lowest BCUT2D eigenvalue weighted by Gasteiger charge is -2.49. The van der Waals surface area contributed by atoms with E-state index in [1.807, 2.05) is 54.6 Å². The SMILES string of the molecule is COc1cc2nc(CCn3c(=O)n4n(c3=O)[C@@H]3C[C@H]5C(=O)N(c6cccc(Cl)c6)C(=O)[C@@]5(c5ccccc5)[C@@H](c5ccc(O)c6ccccc56)C3=CC4)c(=O)n(C)c2cc1OC. The molecule has 0 radical (unpaired) electrons. The van der Waals surface area contributed by atoms with E-state index in [4.69, 9.17) is 21.1 Å². The molecule has 312 valence electrons. The number of phenols is 1. The van der Waals surface area contributed by atoms with E-state index in [9.17, 15) is 19.5 Å². The van der Waals surface area contributed by atoms with Crippen molar-refractivity contribution in [3.05, 3.63) is 168 Å². The van der Waals surface area contributed by atoms with Crippen molar-refractivity contribution in [2.45, 2.75) is 43.3 Å². The normalized spacial score (nSPS) is 20.5. The first-order valence-electron chi connectivity index (χ1n) is 20.1. The summed E-state index contributed by atoms with van der Waals surface area (Å²) in [6, 6.07) is 29.0. The molecule has 4 heterocycles. The van der Waals surface area contributed by atoms with E-state index in [1.54, 1.807) is 61.6 Å². The smallest absolute Gasteiger partial charge is 0.347 e. The van der Waals surface area contributed by atoms with E-state index in [1.165, 1.54) is 33.1 Å². The summed E-state index contributed by atoms with van der Waals surface area (Å²) in [6.45, 7) is -0.163. The summed E-state index contributed by atoms with van der Waals surface area (Å²) in [5.74, 6) is -1.88. The molecule has 62 heavy (non-hydrogen) atoms. The van der Waals surface area contributed by atoms with Crippen molar-refractivity contribution in [3.8, 4) is 17.2 Å². The summed E-state index contributed by atoms with van der Waals surface area (Å²) in [6.07, 6.45) is 1.87. The average Bonchev–Trinajstić information content (AvgIpc) is 3.67. The number of ether oxygens (including phenoxy) is 2. The van der Waals surface area contributed by atoms with Gasteiger partial charge in [-0.25, -0.2) is 33.4 Å². The molecule has 2 aromatic heterocycles. The minimum absolute atomic E-state index is 0.00722. The van der Waals surface area contributed by atoms with Crippen LogP contribution >= 0.6 is 11.6 Å². The zero-order valence-electron chi connectivity index (χ0n) is 33.8. The number of nitrogens with zero attached hydrogens (tertiary/aromatic N) is 6. The average molecular weight is 851 g/mol. The van der Waals surface area contributed by atoms with Crippen LogP contribution in [0.25, 0.3) is 21.8 Å². The van der Waals surface area contributed by atoms with E-state index < -0.39 is 52.0 Å². The fraction of sp³-hybridized carbons (Fsp3) is 0.234. The maximum atomic E-state index is 15.6. The zero-order valence-corrected chi connectivity index (χ0v) is 34.6. The van der Waals surface area contributed by atoms with Gasteiger partial charge >= 0.3 is 11.4 Å². The van der Waals surface area contributed by atoms with Crippen LogP contribution in [0.2, 0.25) is 5.02 Å². The van der Waals surface area contributed by atoms with Gasteiger partial charge in [-0.05, 0) is 52.8 Å². The number of carbonyl (C=O) groups excluding carboxylic acids is 2. The van der Waals surface area contributed by atoms with Crippen LogP contribution in [0, 0.1) is 5.92 Å². The summed E-state index contributed by atoms with van der Waals surface area (Å²) in [5.41, 5.74) is 0.282. The number of amides is 2. The van der Waals surface area contributed by atoms with Crippen LogP contribution in [-0.4, -0.2) is 54.6 Å². The Labute approximate surface area is 358 Å². The van der Waals surface area contributed by atoms with Crippen molar-refractivity contribution >= 4 is 50.9 Å². The van der Waals surface area contributed by atoms with E-state index in [2.05, 4.69) is 4.98 Å². The molecule has 1 saturated carbocycles. The number of benzene rings is 5. The van der Waals surface area contributed by atoms with Crippen molar-refractivity contribution in [1.29, 1.82) is 0 Å². The van der Waals surface area contributed by atoms with Crippen molar-refractivity contribution in [2.75, 3.05) is 19.1 Å². The molecule has 0 bridgehead atoms. The second-order valence-electron chi connectivity index (χ2n) is 15.9. The van der Waals surface area contributed by atoms with Crippen molar-refractivity contribution < 1.29 is 24.2 Å². The maximum absolute atomic E-state index is 15.6. The van der Waals surface area contributed by atoms with Gasteiger partial charge in [0, 0.05) is 48.5 Å². The van der Waals surface area contributed by atoms with Crippen LogP contribution in [0.15, 0.2) is 129 Å². The fourth-order valence-corrected chi connectivity index (χ4v) is 10.4. The van der Waals surface area contributed by atoms with Gasteiger partial charge in [0.2, 0.25) is 11.8 Å². The second kappa shape index (κ2) is 14.5. The molecule has 1 N–H and O–H groups in total. The molecule has 5 aromatic carbocycles. The number of aromatic nitrogens is 5. The molecule has 1 aliphatic carbocycles. The van der Waals surface area contributed by atoms with Crippen molar-refractivity contribution in [1.82, 2.24) is 23.5 Å². The third-order valence-corrected chi connectivity index (χ3v) is 13.2. The lowest BCUT2D eigenvalue weighted by molar-refractivity contribution is -0.124. The number of anilines is 1. The highest BCUT2D eigenvalue weighted by molar-refractivity contribution is 6.32. The molecule has 2 amide bonds. The topological polar surface area (TPSA) is 160 Å². The molecule has 0 spiro atoms. The van der Waals surface area contributed by atoms with E-state index >= 15 is 9.59 Å². The van der Waals surface area contributed by atoms with Crippen LogP contribution in [0.1, 0.15) is 35.2 Å². The number of rotatable bonds is 8. The Kier molecular flexibility index (Phi) is 9.10. The summed E-state index contributed by atoms with van der Waals surface area (Å²) >= 11 is 6.46. The Balaban J connectivity index is 1.14. The van der Waals surface area contributed by atoms with Crippen LogP contribution in [0.5, 0.6) is 17.2 Å². The van der Waals surface area contributed by atoms with Crippen LogP contribution in [0.4, 0.5) is 5.69 Å². The number of allylic oxidation sites excluding steroid dienone is 2. The fourth-order valence-electron chi connectivity index (χ4n) is 10.2. The van der Waals surface area contributed by atoms with E-state index in [0.717, 1.165) is 4.57 Å². The molecule has 10 rings (SSSR count). The summed E-state index contributed by atoms with van der Waals surface area (Å²) in [4.78, 5) is 79.3. The quantitative estimate of drug-likeness (QED) is 0.151. The Morgan fingerprint density at radius 2 is 1.56 bits per heavy atom. The third kappa shape index (κ3) is 5.48. The van der Waals surface area contributed by atoms with Gasteiger partial charge in [-0.2, -0.15) is 0 Å². The Morgan fingerprint density at radius 3 is 2.31 bits per heavy atom. The molecule has 7 aromatic rings. The lowest BCUT2D eigenvalue weighted by atomic mass is 9.53. The number of carbonyl (C=O) groups is 2. The molecular formula is C47H39ClN6O8. The number of methoxy groups -OCH3 is 2. The van der Waals surface area contributed by atoms with Crippen LogP contribution < -0.4 is 31.3 Å². The van der Waals surface area contributed by atoms with Gasteiger partial charge in [0.15, 0.2) is 11.5 Å². The number of hydrogen-bond acceptors (Lipinski definition) is 9. The van der Waals surface area contributed by atoms with Gasteiger partial charge in [-0.3, -0.25) is 14.4 Å². The summed E-state index contributed by atoms with van der Waals surface area (Å²) in [7, 11) is 4.61. The predicted molar refractivity (Wildman–Crippen MR) is 232 cm³/mol. The largest absolute Gasteiger partial charge is 0.507 e. The molecule has 2 fully saturated rings. The van der Waals surface area contributed by atoms with Gasteiger partial charge in [-0.15, -0.1) is 0 Å². The predicted octanol–water partition coefficient (Wildman–Crippen LogP) is 5.63. The molecule has 0 unspecified atom stereocenters. The lowest BCUT2D eigenvalue weighted by Crippen LogP contribution is -2.53.